The fraction of sp³-hybridized carbons (Fsp3) is 0.300. The molecule has 1 aliphatic rings. The van der Waals surface area contributed by atoms with Crippen molar-refractivity contribution < 1.29 is 9.90 Å². The molecule has 1 amide bonds. The van der Waals surface area contributed by atoms with Crippen LogP contribution in [-0.4, -0.2) is 38.6 Å². The number of imidazole rings is 1. The van der Waals surface area contributed by atoms with E-state index in [9.17, 15) is 4.79 Å². The Labute approximate surface area is 160 Å². The van der Waals surface area contributed by atoms with Crippen LogP contribution in [0.15, 0.2) is 53.1 Å². The average Bonchev–Trinajstić information content (AvgIpc) is 3.01. The van der Waals surface area contributed by atoms with E-state index < -0.39 is 6.09 Å². The number of piperidine rings is 1. The summed E-state index contributed by atoms with van der Waals surface area (Å²) in [5.41, 5.74) is 4.28. The highest BCUT2D eigenvalue weighted by molar-refractivity contribution is 9.10. The maximum Gasteiger partial charge on any atom is 0.407 e. The number of nitrogens with zero attached hydrogens (tertiary/aromatic N) is 3. The van der Waals surface area contributed by atoms with Gasteiger partial charge in [0.25, 0.3) is 0 Å². The lowest BCUT2D eigenvalue weighted by Crippen LogP contribution is -2.38. The van der Waals surface area contributed by atoms with Gasteiger partial charge in [-0.25, -0.2) is 9.78 Å². The van der Waals surface area contributed by atoms with Crippen molar-refractivity contribution >= 4 is 27.7 Å². The molecule has 0 atom stereocenters. The second kappa shape index (κ2) is 7.11. The molecule has 2 aromatic heterocycles. The Morgan fingerprint density at radius 1 is 1.15 bits per heavy atom. The van der Waals surface area contributed by atoms with E-state index in [4.69, 9.17) is 10.1 Å². The number of pyridine rings is 1. The summed E-state index contributed by atoms with van der Waals surface area (Å²) in [5, 5.41) is 9.15. The molecule has 6 heteroatoms. The van der Waals surface area contributed by atoms with Crippen LogP contribution in [0.1, 0.15) is 18.5 Å². The molecule has 26 heavy (non-hydrogen) atoms. The first kappa shape index (κ1) is 17.1. The van der Waals surface area contributed by atoms with Crippen LogP contribution in [0.25, 0.3) is 16.9 Å². The lowest BCUT2D eigenvalue weighted by atomic mass is 9.91. The van der Waals surface area contributed by atoms with Crippen molar-refractivity contribution in [1.82, 2.24) is 14.3 Å². The fourth-order valence-electron chi connectivity index (χ4n) is 3.68. The first-order chi connectivity index (χ1) is 12.6. The van der Waals surface area contributed by atoms with E-state index in [1.807, 2.05) is 30.3 Å². The Bertz CT molecular complexity index is 928. The van der Waals surface area contributed by atoms with Gasteiger partial charge in [-0.3, -0.25) is 0 Å². The number of benzene rings is 1. The highest BCUT2D eigenvalue weighted by Gasteiger charge is 2.25. The zero-order valence-corrected chi connectivity index (χ0v) is 15.9. The number of likely N-dealkylation sites (tertiary alicyclic amines) is 1. The van der Waals surface area contributed by atoms with E-state index in [-0.39, 0.29) is 0 Å². The minimum Gasteiger partial charge on any atom is -0.465 e. The molecule has 0 bridgehead atoms. The molecule has 1 saturated heterocycles. The van der Waals surface area contributed by atoms with Gasteiger partial charge in [0.05, 0.1) is 11.4 Å². The van der Waals surface area contributed by atoms with Gasteiger partial charge in [-0.05, 0) is 49.4 Å². The predicted molar refractivity (Wildman–Crippen MR) is 104 cm³/mol. The van der Waals surface area contributed by atoms with Crippen molar-refractivity contribution in [1.29, 1.82) is 0 Å². The standard InChI is InChI=1S/C20H20BrN3O2/c21-16-6-4-15(5-7-16)19-17(24-10-2-1-3-18(24)22-19)13-14-8-11-23(12-9-14)20(25)26/h1-7,10,14H,8-9,11-13H2,(H,25,26). The van der Waals surface area contributed by atoms with Gasteiger partial charge in [-0.1, -0.05) is 34.1 Å². The number of fused-ring (bicyclic) bond motifs is 1. The molecule has 134 valence electrons. The topological polar surface area (TPSA) is 57.8 Å². The molecule has 1 N–H and O–H groups in total. The summed E-state index contributed by atoms with van der Waals surface area (Å²) < 4.78 is 3.22. The number of hydrogen-bond donors (Lipinski definition) is 1. The van der Waals surface area contributed by atoms with Crippen molar-refractivity contribution in [3.05, 3.63) is 58.8 Å². The van der Waals surface area contributed by atoms with E-state index in [0.29, 0.717) is 19.0 Å². The second-order valence-corrected chi connectivity index (χ2v) is 7.68. The van der Waals surface area contributed by atoms with Crippen LogP contribution in [0, 0.1) is 5.92 Å². The number of hydrogen-bond acceptors (Lipinski definition) is 2. The first-order valence-corrected chi connectivity index (χ1v) is 9.61. The van der Waals surface area contributed by atoms with Crippen LogP contribution in [0.3, 0.4) is 0 Å². The van der Waals surface area contributed by atoms with Crippen molar-refractivity contribution in [3.63, 3.8) is 0 Å². The van der Waals surface area contributed by atoms with Gasteiger partial charge in [0.2, 0.25) is 0 Å². The summed E-state index contributed by atoms with van der Waals surface area (Å²) in [6, 6.07) is 14.3. The molecule has 0 unspecified atom stereocenters. The smallest absolute Gasteiger partial charge is 0.407 e. The quantitative estimate of drug-likeness (QED) is 0.676. The summed E-state index contributed by atoms with van der Waals surface area (Å²) >= 11 is 3.49. The predicted octanol–water partition coefficient (Wildman–Crippen LogP) is 4.70. The number of halogens is 1. The second-order valence-electron chi connectivity index (χ2n) is 6.76. The summed E-state index contributed by atoms with van der Waals surface area (Å²) in [5.74, 6) is 0.472. The van der Waals surface area contributed by atoms with Crippen molar-refractivity contribution in [2.24, 2.45) is 5.92 Å². The normalized spacial score (nSPS) is 15.5. The Balaban J connectivity index is 1.66. The van der Waals surface area contributed by atoms with Crippen molar-refractivity contribution in [2.75, 3.05) is 13.1 Å². The number of carbonyl (C=O) groups is 1. The van der Waals surface area contributed by atoms with Crippen LogP contribution in [0.4, 0.5) is 4.79 Å². The molecule has 0 spiro atoms. The van der Waals surface area contributed by atoms with Gasteiger partial charge < -0.3 is 14.4 Å². The molecule has 1 aromatic carbocycles. The average molecular weight is 414 g/mol. The van der Waals surface area contributed by atoms with E-state index in [1.165, 1.54) is 10.6 Å². The zero-order valence-electron chi connectivity index (χ0n) is 14.3. The maximum atomic E-state index is 11.1. The number of aromatic nitrogens is 2. The van der Waals surface area contributed by atoms with Crippen LogP contribution in [-0.2, 0) is 6.42 Å². The molecule has 3 heterocycles. The van der Waals surface area contributed by atoms with Gasteiger partial charge in [0, 0.05) is 29.3 Å². The lowest BCUT2D eigenvalue weighted by Gasteiger charge is -2.30. The molecule has 1 fully saturated rings. The first-order valence-electron chi connectivity index (χ1n) is 8.81. The molecule has 1 aliphatic heterocycles. The van der Waals surface area contributed by atoms with Crippen LogP contribution in [0.2, 0.25) is 0 Å². The van der Waals surface area contributed by atoms with Gasteiger partial charge in [0.1, 0.15) is 5.65 Å². The third-order valence-electron chi connectivity index (χ3n) is 5.11. The van der Waals surface area contributed by atoms with E-state index in [2.05, 4.69) is 38.7 Å². The Kier molecular flexibility index (Phi) is 4.68. The monoisotopic (exact) mass is 413 g/mol. The molecular formula is C20H20BrN3O2. The van der Waals surface area contributed by atoms with Crippen LogP contribution < -0.4 is 0 Å². The highest BCUT2D eigenvalue weighted by atomic mass is 79.9. The number of amides is 1. The van der Waals surface area contributed by atoms with Gasteiger partial charge in [0.15, 0.2) is 0 Å². The van der Waals surface area contributed by atoms with Crippen LogP contribution in [0.5, 0.6) is 0 Å². The van der Waals surface area contributed by atoms with E-state index in [0.717, 1.165) is 40.6 Å². The number of carboxylic acid groups (broad SMARTS) is 1. The van der Waals surface area contributed by atoms with Crippen LogP contribution >= 0.6 is 15.9 Å². The molecule has 0 radical (unpaired) electrons. The lowest BCUT2D eigenvalue weighted by molar-refractivity contribution is 0.124. The largest absolute Gasteiger partial charge is 0.465 e. The Morgan fingerprint density at radius 2 is 1.88 bits per heavy atom. The minimum atomic E-state index is -0.811. The summed E-state index contributed by atoms with van der Waals surface area (Å²) in [6.07, 6.45) is 3.95. The molecule has 3 aromatic rings. The van der Waals surface area contributed by atoms with Crippen molar-refractivity contribution in [2.45, 2.75) is 19.3 Å². The number of rotatable bonds is 3. The van der Waals surface area contributed by atoms with E-state index >= 15 is 0 Å². The molecule has 0 aliphatic carbocycles. The third kappa shape index (κ3) is 3.33. The van der Waals surface area contributed by atoms with Gasteiger partial charge in [-0.15, -0.1) is 0 Å². The van der Waals surface area contributed by atoms with Crippen molar-refractivity contribution in [3.8, 4) is 11.3 Å². The summed E-state index contributed by atoms with van der Waals surface area (Å²) in [4.78, 5) is 17.5. The van der Waals surface area contributed by atoms with Gasteiger partial charge >= 0.3 is 6.09 Å². The Hall–Kier alpha value is -2.34. The third-order valence-corrected chi connectivity index (χ3v) is 5.64. The Morgan fingerprint density at radius 3 is 2.58 bits per heavy atom. The molecule has 0 saturated carbocycles. The summed E-state index contributed by atoms with van der Waals surface area (Å²) in [6.45, 7) is 1.23. The molecule has 4 rings (SSSR count). The molecule has 5 nitrogen and oxygen atoms in total. The van der Waals surface area contributed by atoms with Gasteiger partial charge in [-0.2, -0.15) is 0 Å². The zero-order chi connectivity index (χ0) is 18.1. The molecular weight excluding hydrogens is 394 g/mol. The highest BCUT2D eigenvalue weighted by Crippen LogP contribution is 2.30. The SMILES string of the molecule is O=C(O)N1CCC(Cc2c(-c3ccc(Br)cc3)nc3ccccn23)CC1. The summed E-state index contributed by atoms with van der Waals surface area (Å²) in [7, 11) is 0. The minimum absolute atomic E-state index is 0.472. The fourth-order valence-corrected chi connectivity index (χ4v) is 3.95. The van der Waals surface area contributed by atoms with E-state index in [1.54, 1.807) is 0 Å². The maximum absolute atomic E-state index is 11.1.